The summed E-state index contributed by atoms with van der Waals surface area (Å²) in [5, 5.41) is 3.41. The Labute approximate surface area is 160 Å². The zero-order valence-electron chi connectivity index (χ0n) is 16.0. The first-order valence-electron chi connectivity index (χ1n) is 9.70. The number of anilines is 1. The molecule has 3 N–H and O–H groups in total. The normalized spacial score (nSPS) is 20.9. The molecule has 1 aromatic rings. The van der Waals surface area contributed by atoms with Gasteiger partial charge < -0.3 is 20.9 Å². The van der Waals surface area contributed by atoms with E-state index < -0.39 is 0 Å². The Morgan fingerprint density at radius 3 is 2.67 bits per heavy atom. The van der Waals surface area contributed by atoms with Gasteiger partial charge in [0.2, 0.25) is 11.8 Å². The smallest absolute Gasteiger partial charge is 0.227 e. The highest BCUT2D eigenvalue weighted by Crippen LogP contribution is 2.22. The largest absolute Gasteiger partial charge is 0.370 e. The molecule has 0 bridgehead atoms. The minimum atomic E-state index is -0.235. The van der Waals surface area contributed by atoms with Crippen molar-refractivity contribution >= 4 is 23.5 Å². The van der Waals surface area contributed by atoms with Gasteiger partial charge >= 0.3 is 0 Å². The molecule has 2 aliphatic heterocycles. The Morgan fingerprint density at radius 2 is 2.04 bits per heavy atom. The molecule has 2 amide bonds. The molecule has 1 atom stereocenters. The summed E-state index contributed by atoms with van der Waals surface area (Å²) in [4.78, 5) is 31.5. The molecule has 0 aromatic heterocycles. The Hall–Kier alpha value is -2.57. The van der Waals surface area contributed by atoms with E-state index in [-0.39, 0.29) is 11.8 Å². The molecule has 7 nitrogen and oxygen atoms in total. The second kappa shape index (κ2) is 8.88. The van der Waals surface area contributed by atoms with Gasteiger partial charge in [0.25, 0.3) is 0 Å². The van der Waals surface area contributed by atoms with Crippen LogP contribution in [0, 0.1) is 5.92 Å². The third-order valence-corrected chi connectivity index (χ3v) is 5.29. The van der Waals surface area contributed by atoms with Crippen molar-refractivity contribution in [2.75, 3.05) is 31.6 Å². The van der Waals surface area contributed by atoms with Crippen molar-refractivity contribution in [1.82, 2.24) is 10.2 Å². The fraction of sp³-hybridized carbons (Fsp3) is 0.550. The van der Waals surface area contributed by atoms with Gasteiger partial charge in [0.05, 0.1) is 0 Å². The summed E-state index contributed by atoms with van der Waals surface area (Å²) in [5.41, 5.74) is 7.45. The number of aliphatic imine (C=N–C) groups is 1. The number of nitrogens with one attached hydrogen (secondary N) is 1. The molecule has 27 heavy (non-hydrogen) atoms. The van der Waals surface area contributed by atoms with Crippen molar-refractivity contribution in [1.29, 1.82) is 0 Å². The molecule has 1 aromatic carbocycles. The molecule has 2 saturated heterocycles. The molecule has 7 heteroatoms. The predicted molar refractivity (Wildman–Crippen MR) is 106 cm³/mol. The Bertz CT molecular complexity index is 701. The maximum Gasteiger partial charge on any atom is 0.227 e. The summed E-state index contributed by atoms with van der Waals surface area (Å²) in [6.45, 7) is 3.21. The first kappa shape index (κ1) is 19.2. The van der Waals surface area contributed by atoms with Crippen LogP contribution in [0.1, 0.15) is 37.7 Å². The Morgan fingerprint density at radius 1 is 1.26 bits per heavy atom. The van der Waals surface area contributed by atoms with Gasteiger partial charge in [0.1, 0.15) is 0 Å². The summed E-state index contributed by atoms with van der Waals surface area (Å²) >= 11 is 0. The fourth-order valence-electron chi connectivity index (χ4n) is 3.94. The van der Waals surface area contributed by atoms with Gasteiger partial charge in [0, 0.05) is 51.8 Å². The number of rotatable bonds is 5. The van der Waals surface area contributed by atoms with Crippen LogP contribution in [0.25, 0.3) is 0 Å². The molecule has 146 valence electrons. The van der Waals surface area contributed by atoms with Crippen LogP contribution in [0.5, 0.6) is 0 Å². The lowest BCUT2D eigenvalue weighted by atomic mass is 9.95. The number of nitrogens with two attached hydrogens (primary N) is 1. The number of nitrogens with zero attached hydrogens (tertiary/aromatic N) is 3. The highest BCUT2D eigenvalue weighted by Gasteiger charge is 2.24. The zero-order valence-corrected chi connectivity index (χ0v) is 16.0. The molecule has 2 fully saturated rings. The highest BCUT2D eigenvalue weighted by atomic mass is 16.2. The molecule has 0 radical (unpaired) electrons. The van der Waals surface area contributed by atoms with Gasteiger partial charge in [-0.05, 0) is 42.9 Å². The third kappa shape index (κ3) is 4.99. The van der Waals surface area contributed by atoms with E-state index in [9.17, 15) is 9.59 Å². The lowest BCUT2D eigenvalue weighted by molar-refractivity contribution is -0.119. The van der Waals surface area contributed by atoms with E-state index in [1.165, 1.54) is 0 Å². The number of carbonyl (C=O) groups is 2. The van der Waals surface area contributed by atoms with Crippen LogP contribution < -0.4 is 16.0 Å². The molecule has 3 rings (SSSR count). The number of hydrogen-bond acceptors (Lipinski definition) is 3. The minimum absolute atomic E-state index is 0.205. The van der Waals surface area contributed by atoms with E-state index in [4.69, 9.17) is 5.73 Å². The monoisotopic (exact) mass is 371 g/mol. The van der Waals surface area contributed by atoms with E-state index in [2.05, 4.69) is 15.2 Å². The Balaban J connectivity index is 1.54. The standard InChI is InChI=1S/C20H29N5O2/c1-22-20(24-10-2-4-16(14-24)12-18(21)26)23-13-15-6-8-17(9-7-15)25-11-3-5-19(25)27/h6-9,16H,2-5,10-14H2,1H3,(H2,21,26)(H,22,23). The summed E-state index contributed by atoms with van der Waals surface area (Å²) in [7, 11) is 1.78. The van der Waals surface area contributed by atoms with Crippen molar-refractivity contribution < 1.29 is 9.59 Å². The summed E-state index contributed by atoms with van der Waals surface area (Å²) in [6, 6.07) is 8.11. The van der Waals surface area contributed by atoms with Crippen LogP contribution in [0.4, 0.5) is 5.69 Å². The van der Waals surface area contributed by atoms with Crippen molar-refractivity contribution in [3.63, 3.8) is 0 Å². The SMILES string of the molecule is CN=C(NCc1ccc(N2CCCC2=O)cc1)N1CCCC(CC(N)=O)C1. The van der Waals surface area contributed by atoms with Crippen LogP contribution in [0.3, 0.4) is 0 Å². The predicted octanol–water partition coefficient (Wildman–Crippen LogP) is 1.48. The minimum Gasteiger partial charge on any atom is -0.370 e. The molecule has 2 aliphatic rings. The van der Waals surface area contributed by atoms with Crippen LogP contribution in [0.2, 0.25) is 0 Å². The molecule has 0 spiro atoms. The molecular formula is C20H29N5O2. The number of piperidine rings is 1. The number of benzene rings is 1. The molecule has 1 unspecified atom stereocenters. The van der Waals surface area contributed by atoms with E-state index in [0.717, 1.165) is 56.1 Å². The van der Waals surface area contributed by atoms with Gasteiger partial charge in [-0.3, -0.25) is 14.6 Å². The average molecular weight is 371 g/mol. The molecule has 2 heterocycles. The highest BCUT2D eigenvalue weighted by molar-refractivity contribution is 5.95. The van der Waals surface area contributed by atoms with E-state index in [1.54, 1.807) is 7.05 Å². The fourth-order valence-corrected chi connectivity index (χ4v) is 3.94. The third-order valence-electron chi connectivity index (χ3n) is 5.29. The first-order valence-corrected chi connectivity index (χ1v) is 9.70. The number of primary amides is 1. The number of hydrogen-bond donors (Lipinski definition) is 2. The number of amides is 2. The number of likely N-dealkylation sites (tertiary alicyclic amines) is 1. The molecule has 0 aliphatic carbocycles. The van der Waals surface area contributed by atoms with Gasteiger partial charge in [-0.25, -0.2) is 0 Å². The van der Waals surface area contributed by atoms with Gasteiger partial charge in [-0.15, -0.1) is 0 Å². The molecular weight excluding hydrogens is 342 g/mol. The second-order valence-electron chi connectivity index (χ2n) is 7.34. The van der Waals surface area contributed by atoms with Crippen LogP contribution in [0.15, 0.2) is 29.3 Å². The van der Waals surface area contributed by atoms with Gasteiger partial charge in [-0.1, -0.05) is 12.1 Å². The zero-order chi connectivity index (χ0) is 19.2. The van der Waals surface area contributed by atoms with Gasteiger partial charge in [0.15, 0.2) is 5.96 Å². The number of guanidine groups is 1. The molecule has 0 saturated carbocycles. The quantitative estimate of drug-likeness (QED) is 0.606. The van der Waals surface area contributed by atoms with Crippen molar-refractivity contribution in [3.8, 4) is 0 Å². The van der Waals surface area contributed by atoms with Crippen LogP contribution in [-0.2, 0) is 16.1 Å². The Kier molecular flexibility index (Phi) is 6.32. The van der Waals surface area contributed by atoms with Crippen LogP contribution in [-0.4, -0.2) is 49.4 Å². The maximum absolute atomic E-state index is 11.8. The van der Waals surface area contributed by atoms with E-state index in [1.807, 2.05) is 29.2 Å². The topological polar surface area (TPSA) is 91.0 Å². The van der Waals surface area contributed by atoms with Crippen molar-refractivity contribution in [2.45, 2.75) is 38.6 Å². The van der Waals surface area contributed by atoms with Gasteiger partial charge in [-0.2, -0.15) is 0 Å². The maximum atomic E-state index is 11.8. The lowest BCUT2D eigenvalue weighted by Gasteiger charge is -2.34. The number of carbonyl (C=O) groups excluding carboxylic acids is 2. The lowest BCUT2D eigenvalue weighted by Crippen LogP contribution is -2.46. The van der Waals surface area contributed by atoms with Crippen molar-refractivity contribution in [3.05, 3.63) is 29.8 Å². The van der Waals surface area contributed by atoms with E-state index >= 15 is 0 Å². The van der Waals surface area contributed by atoms with Crippen molar-refractivity contribution in [2.24, 2.45) is 16.6 Å². The van der Waals surface area contributed by atoms with Crippen LogP contribution >= 0.6 is 0 Å². The summed E-state index contributed by atoms with van der Waals surface area (Å²) in [6.07, 6.45) is 4.09. The second-order valence-corrected chi connectivity index (χ2v) is 7.34. The summed E-state index contributed by atoms with van der Waals surface area (Å²) < 4.78 is 0. The summed E-state index contributed by atoms with van der Waals surface area (Å²) in [5.74, 6) is 1.12. The average Bonchev–Trinajstić information content (AvgIpc) is 3.08. The first-order chi connectivity index (χ1) is 13.1. The van der Waals surface area contributed by atoms with E-state index in [0.29, 0.717) is 25.3 Å².